The molecule has 0 aliphatic rings. The molecule has 0 aliphatic heterocycles. The van der Waals surface area contributed by atoms with Crippen molar-refractivity contribution in [3.8, 4) is 28.3 Å². The van der Waals surface area contributed by atoms with Gasteiger partial charge in [-0.1, -0.05) is 36.9 Å². The summed E-state index contributed by atoms with van der Waals surface area (Å²) in [6.07, 6.45) is 3.07. The van der Waals surface area contributed by atoms with E-state index in [1.165, 1.54) is 13.2 Å². The molecule has 0 radical (unpaired) electrons. The number of anilines is 2. The normalized spacial score (nSPS) is 10.8. The maximum absolute atomic E-state index is 12.0. The first-order valence-electron chi connectivity index (χ1n) is 9.88. The number of carbonyl (C=O) groups is 1. The van der Waals surface area contributed by atoms with Crippen LogP contribution in [0.5, 0.6) is 5.75 Å². The van der Waals surface area contributed by atoms with Crippen LogP contribution in [0.25, 0.3) is 33.5 Å². The highest BCUT2D eigenvalue weighted by Crippen LogP contribution is 2.36. The van der Waals surface area contributed by atoms with Gasteiger partial charge in [0.1, 0.15) is 16.9 Å². The summed E-state index contributed by atoms with van der Waals surface area (Å²) in [5.74, 6) is 0.769. The molecule has 162 valence electrons. The molecule has 0 saturated carbocycles. The smallest absolute Gasteiger partial charge is 0.249 e. The number of nitrogens with zero attached hydrogens (tertiary/aromatic N) is 6. The van der Waals surface area contributed by atoms with Crippen molar-refractivity contribution in [2.75, 3.05) is 31.4 Å². The number of hydrogen-bond acceptors (Lipinski definition) is 7. The van der Waals surface area contributed by atoms with E-state index in [1.807, 2.05) is 62.6 Å². The predicted octanol–water partition coefficient (Wildman–Crippen LogP) is 3.29. The molecule has 0 fully saturated rings. The number of rotatable bonds is 6. The number of aryl methyl sites for hydroxylation is 1. The van der Waals surface area contributed by atoms with Crippen LogP contribution in [0.1, 0.15) is 0 Å². The molecule has 4 aromatic rings. The molecule has 0 spiro atoms. The molecule has 1 aromatic carbocycles. The molecule has 0 atom stereocenters. The standard InChI is InChI=1S/C23H23N7O2/c1-6-18(31)25-22-17(32-5)12-16-21(26-22)20(27-23(24-16)29(2)3)15-13-30(4)28-19(15)14-10-8-7-9-11-14/h6-13H,1H2,2-5H3,(H,25,26,31). The van der Waals surface area contributed by atoms with Gasteiger partial charge in [-0.15, -0.1) is 0 Å². The molecular formula is C23H23N7O2. The third kappa shape index (κ3) is 3.87. The van der Waals surface area contributed by atoms with Crippen molar-refractivity contribution in [2.24, 2.45) is 7.05 Å². The maximum Gasteiger partial charge on any atom is 0.249 e. The summed E-state index contributed by atoms with van der Waals surface area (Å²) in [5.41, 5.74) is 4.22. The molecule has 3 heterocycles. The predicted molar refractivity (Wildman–Crippen MR) is 125 cm³/mol. The first kappa shape index (κ1) is 21.0. The van der Waals surface area contributed by atoms with E-state index in [4.69, 9.17) is 9.72 Å². The second-order valence-corrected chi connectivity index (χ2v) is 7.30. The van der Waals surface area contributed by atoms with Crippen molar-refractivity contribution in [1.29, 1.82) is 0 Å². The minimum atomic E-state index is -0.395. The third-order valence-electron chi connectivity index (χ3n) is 4.80. The average molecular weight is 429 g/mol. The van der Waals surface area contributed by atoms with Crippen LogP contribution in [-0.4, -0.2) is 51.8 Å². The molecule has 1 amide bonds. The van der Waals surface area contributed by atoms with Crippen molar-refractivity contribution in [3.63, 3.8) is 0 Å². The molecular weight excluding hydrogens is 406 g/mol. The lowest BCUT2D eigenvalue weighted by Crippen LogP contribution is -2.14. The number of aromatic nitrogens is 5. The maximum atomic E-state index is 12.0. The van der Waals surface area contributed by atoms with Crippen molar-refractivity contribution in [3.05, 3.63) is 55.3 Å². The third-order valence-corrected chi connectivity index (χ3v) is 4.80. The fourth-order valence-corrected chi connectivity index (χ4v) is 3.30. The van der Waals surface area contributed by atoms with E-state index in [2.05, 4.69) is 27.0 Å². The Morgan fingerprint density at radius 3 is 2.56 bits per heavy atom. The average Bonchev–Trinajstić information content (AvgIpc) is 3.19. The van der Waals surface area contributed by atoms with E-state index in [-0.39, 0.29) is 5.82 Å². The Labute approximate surface area is 185 Å². The number of ether oxygens (including phenoxy) is 1. The zero-order valence-corrected chi connectivity index (χ0v) is 18.3. The fourth-order valence-electron chi connectivity index (χ4n) is 3.30. The highest BCUT2D eigenvalue weighted by Gasteiger charge is 2.21. The SMILES string of the molecule is C=CC(=O)Nc1nc2c(-c3cn(C)nc3-c3ccccc3)nc(N(C)C)nc2cc1OC. The van der Waals surface area contributed by atoms with Gasteiger partial charge in [0.15, 0.2) is 11.6 Å². The highest BCUT2D eigenvalue weighted by atomic mass is 16.5. The minimum absolute atomic E-state index is 0.262. The molecule has 9 heteroatoms. The fraction of sp³-hybridized carbons (Fsp3) is 0.174. The molecule has 0 aliphatic carbocycles. The summed E-state index contributed by atoms with van der Waals surface area (Å²) >= 11 is 0. The van der Waals surface area contributed by atoms with E-state index in [9.17, 15) is 4.79 Å². The topological polar surface area (TPSA) is 98.1 Å². The van der Waals surface area contributed by atoms with Crippen molar-refractivity contribution >= 4 is 28.7 Å². The van der Waals surface area contributed by atoms with E-state index in [0.29, 0.717) is 28.4 Å². The zero-order valence-electron chi connectivity index (χ0n) is 18.3. The van der Waals surface area contributed by atoms with Gasteiger partial charge in [0.05, 0.1) is 12.6 Å². The molecule has 1 N–H and O–H groups in total. The van der Waals surface area contributed by atoms with Crippen molar-refractivity contribution in [2.45, 2.75) is 0 Å². The number of carbonyl (C=O) groups excluding carboxylic acids is 1. The van der Waals surface area contributed by atoms with Gasteiger partial charge in [0.25, 0.3) is 0 Å². The van der Waals surface area contributed by atoms with E-state index in [1.54, 1.807) is 10.7 Å². The van der Waals surface area contributed by atoms with Gasteiger partial charge in [0.2, 0.25) is 11.9 Å². The van der Waals surface area contributed by atoms with Crippen LogP contribution >= 0.6 is 0 Å². The Morgan fingerprint density at radius 2 is 1.91 bits per heavy atom. The van der Waals surface area contributed by atoms with Crippen LogP contribution in [0.2, 0.25) is 0 Å². The van der Waals surface area contributed by atoms with Crippen molar-refractivity contribution < 1.29 is 9.53 Å². The summed E-state index contributed by atoms with van der Waals surface area (Å²) < 4.78 is 7.18. The Balaban J connectivity index is 2.03. The molecule has 32 heavy (non-hydrogen) atoms. The number of benzene rings is 1. The highest BCUT2D eigenvalue weighted by molar-refractivity contribution is 6.01. The van der Waals surface area contributed by atoms with Crippen LogP contribution in [0.4, 0.5) is 11.8 Å². The van der Waals surface area contributed by atoms with Gasteiger partial charge in [0, 0.05) is 44.5 Å². The van der Waals surface area contributed by atoms with Crippen LogP contribution in [0.15, 0.2) is 55.3 Å². The number of amides is 1. The van der Waals surface area contributed by atoms with Crippen LogP contribution < -0.4 is 15.0 Å². The number of hydrogen-bond donors (Lipinski definition) is 1. The van der Waals surface area contributed by atoms with Gasteiger partial charge in [-0.3, -0.25) is 9.48 Å². The van der Waals surface area contributed by atoms with Crippen molar-refractivity contribution in [1.82, 2.24) is 24.7 Å². The minimum Gasteiger partial charge on any atom is -0.493 e. The monoisotopic (exact) mass is 429 g/mol. The lowest BCUT2D eigenvalue weighted by molar-refractivity contribution is -0.111. The Bertz CT molecular complexity index is 1310. The van der Waals surface area contributed by atoms with Crippen LogP contribution in [0, 0.1) is 0 Å². The first-order chi connectivity index (χ1) is 15.4. The Kier molecular flexibility index (Phi) is 5.55. The second-order valence-electron chi connectivity index (χ2n) is 7.30. The Hall–Kier alpha value is -4.27. The molecule has 0 bridgehead atoms. The molecule has 0 saturated heterocycles. The number of methoxy groups -OCH3 is 1. The lowest BCUT2D eigenvalue weighted by Gasteiger charge is -2.15. The largest absolute Gasteiger partial charge is 0.493 e. The molecule has 4 rings (SSSR count). The quantitative estimate of drug-likeness (QED) is 0.470. The van der Waals surface area contributed by atoms with Gasteiger partial charge < -0.3 is 15.0 Å². The molecule has 0 unspecified atom stereocenters. The number of pyridine rings is 1. The van der Waals surface area contributed by atoms with E-state index in [0.717, 1.165) is 16.8 Å². The van der Waals surface area contributed by atoms with E-state index < -0.39 is 5.91 Å². The summed E-state index contributed by atoms with van der Waals surface area (Å²) in [6, 6.07) is 11.6. The summed E-state index contributed by atoms with van der Waals surface area (Å²) in [4.78, 5) is 27.9. The zero-order chi connectivity index (χ0) is 22.8. The second kappa shape index (κ2) is 8.46. The first-order valence-corrected chi connectivity index (χ1v) is 9.88. The van der Waals surface area contributed by atoms with Crippen LogP contribution in [0.3, 0.4) is 0 Å². The molecule has 9 nitrogen and oxygen atoms in total. The Morgan fingerprint density at radius 1 is 1.16 bits per heavy atom. The van der Waals surface area contributed by atoms with Gasteiger partial charge in [-0.05, 0) is 6.08 Å². The summed E-state index contributed by atoms with van der Waals surface area (Å²) in [6.45, 7) is 3.50. The van der Waals surface area contributed by atoms with Crippen LogP contribution in [-0.2, 0) is 11.8 Å². The summed E-state index contributed by atoms with van der Waals surface area (Å²) in [5, 5.41) is 7.35. The van der Waals surface area contributed by atoms with Gasteiger partial charge >= 0.3 is 0 Å². The van der Waals surface area contributed by atoms with Gasteiger partial charge in [-0.25, -0.2) is 15.0 Å². The van der Waals surface area contributed by atoms with Gasteiger partial charge in [-0.2, -0.15) is 5.10 Å². The lowest BCUT2D eigenvalue weighted by atomic mass is 10.0. The summed E-state index contributed by atoms with van der Waals surface area (Å²) in [7, 11) is 7.11. The van der Waals surface area contributed by atoms with E-state index >= 15 is 0 Å². The number of nitrogens with one attached hydrogen (secondary N) is 1. The number of fused-ring (bicyclic) bond motifs is 1. The molecule has 3 aromatic heterocycles.